The second-order valence-electron chi connectivity index (χ2n) is 6.90. The summed E-state index contributed by atoms with van der Waals surface area (Å²) in [4.78, 5) is 23.3. The molecule has 0 spiro atoms. The highest BCUT2D eigenvalue weighted by atomic mass is 16.2. The highest BCUT2D eigenvalue weighted by molar-refractivity contribution is 5.92. The van der Waals surface area contributed by atoms with E-state index < -0.39 is 0 Å². The molecule has 2 aromatic rings. The lowest BCUT2D eigenvalue weighted by molar-refractivity contribution is 0.0621. The Hall–Kier alpha value is -2.54. The standard InChI is InChI=1S/C19H24N6O/c26-19(17-5-6-18(22-21-17)24-8-1-2-9-24)25-12-10-23(11-13-25)15-16-4-3-7-20-14-16/h3-7,14H,1-2,8-13,15H2. The summed E-state index contributed by atoms with van der Waals surface area (Å²) in [5.74, 6) is 0.854. The van der Waals surface area contributed by atoms with Gasteiger partial charge in [0.25, 0.3) is 5.91 Å². The molecular weight excluding hydrogens is 328 g/mol. The average Bonchev–Trinajstić information content (AvgIpc) is 3.24. The number of rotatable bonds is 4. The second kappa shape index (κ2) is 7.78. The number of carbonyl (C=O) groups excluding carboxylic acids is 1. The van der Waals surface area contributed by atoms with Crippen LogP contribution in [0.25, 0.3) is 0 Å². The molecular formula is C19H24N6O. The van der Waals surface area contributed by atoms with Crippen LogP contribution in [0, 0.1) is 0 Å². The molecule has 2 fully saturated rings. The molecule has 0 unspecified atom stereocenters. The topological polar surface area (TPSA) is 65.5 Å². The lowest BCUT2D eigenvalue weighted by Crippen LogP contribution is -2.48. The molecule has 0 aliphatic carbocycles. The van der Waals surface area contributed by atoms with Crippen LogP contribution >= 0.6 is 0 Å². The molecule has 4 rings (SSSR count). The first-order chi connectivity index (χ1) is 12.8. The van der Waals surface area contributed by atoms with Crippen molar-refractivity contribution in [2.75, 3.05) is 44.2 Å². The summed E-state index contributed by atoms with van der Waals surface area (Å²) in [7, 11) is 0. The van der Waals surface area contributed by atoms with E-state index in [9.17, 15) is 4.79 Å². The molecule has 26 heavy (non-hydrogen) atoms. The van der Waals surface area contributed by atoms with E-state index in [1.807, 2.05) is 29.3 Å². The second-order valence-corrected chi connectivity index (χ2v) is 6.90. The van der Waals surface area contributed by atoms with Crippen molar-refractivity contribution in [1.29, 1.82) is 0 Å². The lowest BCUT2D eigenvalue weighted by atomic mass is 10.2. The van der Waals surface area contributed by atoms with Crippen molar-refractivity contribution >= 4 is 11.7 Å². The van der Waals surface area contributed by atoms with Crippen molar-refractivity contribution in [2.45, 2.75) is 19.4 Å². The zero-order valence-electron chi connectivity index (χ0n) is 14.9. The highest BCUT2D eigenvalue weighted by Crippen LogP contribution is 2.17. The monoisotopic (exact) mass is 352 g/mol. The van der Waals surface area contributed by atoms with Crippen LogP contribution < -0.4 is 4.90 Å². The molecule has 0 atom stereocenters. The molecule has 2 aliphatic rings. The van der Waals surface area contributed by atoms with Crippen LogP contribution in [0.15, 0.2) is 36.7 Å². The molecule has 136 valence electrons. The van der Waals surface area contributed by atoms with E-state index in [2.05, 4.69) is 31.0 Å². The molecule has 0 N–H and O–H groups in total. The summed E-state index contributed by atoms with van der Waals surface area (Å²) in [5, 5.41) is 8.44. The Kier molecular flexibility index (Phi) is 5.06. The number of carbonyl (C=O) groups is 1. The summed E-state index contributed by atoms with van der Waals surface area (Å²) in [6.45, 7) is 6.09. The molecule has 2 aliphatic heterocycles. The van der Waals surface area contributed by atoms with Crippen LogP contribution in [0.2, 0.25) is 0 Å². The molecule has 0 radical (unpaired) electrons. The minimum Gasteiger partial charge on any atom is -0.355 e. The van der Waals surface area contributed by atoms with E-state index in [1.54, 1.807) is 6.20 Å². The van der Waals surface area contributed by atoms with Gasteiger partial charge in [0.15, 0.2) is 11.5 Å². The number of hydrogen-bond acceptors (Lipinski definition) is 6. The molecule has 1 amide bonds. The van der Waals surface area contributed by atoms with E-state index in [-0.39, 0.29) is 5.91 Å². The van der Waals surface area contributed by atoms with E-state index in [4.69, 9.17) is 0 Å². The third-order valence-electron chi connectivity index (χ3n) is 5.09. The van der Waals surface area contributed by atoms with Gasteiger partial charge in [-0.1, -0.05) is 6.07 Å². The van der Waals surface area contributed by atoms with Crippen LogP contribution in [-0.4, -0.2) is 70.2 Å². The molecule has 7 heteroatoms. The quantitative estimate of drug-likeness (QED) is 0.829. The first-order valence-electron chi connectivity index (χ1n) is 9.29. The zero-order chi connectivity index (χ0) is 17.8. The van der Waals surface area contributed by atoms with Crippen LogP contribution in [0.4, 0.5) is 5.82 Å². The van der Waals surface area contributed by atoms with Gasteiger partial charge in [-0.3, -0.25) is 14.7 Å². The van der Waals surface area contributed by atoms with E-state index in [1.165, 1.54) is 18.4 Å². The Morgan fingerprint density at radius 1 is 0.962 bits per heavy atom. The van der Waals surface area contributed by atoms with Crippen molar-refractivity contribution < 1.29 is 4.79 Å². The van der Waals surface area contributed by atoms with E-state index >= 15 is 0 Å². The molecule has 0 aromatic carbocycles. The summed E-state index contributed by atoms with van der Waals surface area (Å²) >= 11 is 0. The Labute approximate surface area is 153 Å². The maximum absolute atomic E-state index is 12.7. The van der Waals surface area contributed by atoms with Gasteiger partial charge in [-0.15, -0.1) is 10.2 Å². The number of anilines is 1. The minimum atomic E-state index is -0.0218. The Morgan fingerprint density at radius 3 is 2.42 bits per heavy atom. The maximum atomic E-state index is 12.7. The molecule has 7 nitrogen and oxygen atoms in total. The smallest absolute Gasteiger partial charge is 0.274 e. The number of piperazine rings is 1. The molecule has 2 aromatic heterocycles. The minimum absolute atomic E-state index is 0.0218. The van der Waals surface area contributed by atoms with Gasteiger partial charge in [0, 0.05) is 58.2 Å². The number of hydrogen-bond donors (Lipinski definition) is 0. The van der Waals surface area contributed by atoms with E-state index in [0.29, 0.717) is 18.8 Å². The first kappa shape index (κ1) is 16.9. The fourth-order valence-electron chi connectivity index (χ4n) is 3.58. The van der Waals surface area contributed by atoms with Crippen molar-refractivity contribution in [3.8, 4) is 0 Å². The highest BCUT2D eigenvalue weighted by Gasteiger charge is 2.24. The predicted octanol–water partition coefficient (Wildman–Crippen LogP) is 1.43. The molecule has 0 bridgehead atoms. The molecule has 0 saturated carbocycles. The summed E-state index contributed by atoms with van der Waals surface area (Å²) < 4.78 is 0. The van der Waals surface area contributed by atoms with Gasteiger partial charge in [0.1, 0.15) is 0 Å². The van der Waals surface area contributed by atoms with Gasteiger partial charge >= 0.3 is 0 Å². The Balaban J connectivity index is 1.31. The van der Waals surface area contributed by atoms with Gasteiger partial charge in [-0.05, 0) is 36.6 Å². The lowest BCUT2D eigenvalue weighted by Gasteiger charge is -2.34. The SMILES string of the molecule is O=C(c1ccc(N2CCCC2)nn1)N1CCN(Cc2cccnc2)CC1. The van der Waals surface area contributed by atoms with Crippen molar-refractivity contribution in [3.63, 3.8) is 0 Å². The fourth-order valence-corrected chi connectivity index (χ4v) is 3.58. The van der Waals surface area contributed by atoms with Crippen LogP contribution in [0.5, 0.6) is 0 Å². The Bertz CT molecular complexity index is 721. The number of aromatic nitrogens is 3. The van der Waals surface area contributed by atoms with Crippen molar-refractivity contribution in [2.24, 2.45) is 0 Å². The van der Waals surface area contributed by atoms with E-state index in [0.717, 1.165) is 38.5 Å². The van der Waals surface area contributed by atoms with Gasteiger partial charge in [-0.2, -0.15) is 0 Å². The van der Waals surface area contributed by atoms with Crippen LogP contribution in [-0.2, 0) is 6.54 Å². The van der Waals surface area contributed by atoms with Crippen LogP contribution in [0.3, 0.4) is 0 Å². The third kappa shape index (κ3) is 3.83. The van der Waals surface area contributed by atoms with Gasteiger partial charge < -0.3 is 9.80 Å². The summed E-state index contributed by atoms with van der Waals surface area (Å²) in [6, 6.07) is 7.77. The number of amides is 1. The first-order valence-corrected chi connectivity index (χ1v) is 9.29. The summed E-state index contributed by atoms with van der Waals surface area (Å²) in [5.41, 5.74) is 1.64. The number of nitrogens with zero attached hydrogens (tertiary/aromatic N) is 6. The van der Waals surface area contributed by atoms with Crippen molar-refractivity contribution in [3.05, 3.63) is 47.9 Å². The average molecular weight is 352 g/mol. The maximum Gasteiger partial charge on any atom is 0.274 e. The van der Waals surface area contributed by atoms with Gasteiger partial charge in [0.2, 0.25) is 0 Å². The summed E-state index contributed by atoms with van der Waals surface area (Å²) in [6.07, 6.45) is 6.09. The van der Waals surface area contributed by atoms with Crippen molar-refractivity contribution in [1.82, 2.24) is 25.0 Å². The van der Waals surface area contributed by atoms with Gasteiger partial charge in [-0.25, -0.2) is 0 Å². The normalized spacial score (nSPS) is 18.3. The third-order valence-corrected chi connectivity index (χ3v) is 5.09. The zero-order valence-corrected chi connectivity index (χ0v) is 14.9. The fraction of sp³-hybridized carbons (Fsp3) is 0.474. The molecule has 4 heterocycles. The molecule has 2 saturated heterocycles. The van der Waals surface area contributed by atoms with Crippen LogP contribution in [0.1, 0.15) is 28.9 Å². The largest absolute Gasteiger partial charge is 0.355 e. The predicted molar refractivity (Wildman–Crippen MR) is 98.9 cm³/mol. The Morgan fingerprint density at radius 2 is 1.77 bits per heavy atom. The number of pyridine rings is 1. The van der Waals surface area contributed by atoms with Gasteiger partial charge in [0.05, 0.1) is 0 Å².